The molecule has 1 fully saturated rings. The van der Waals surface area contributed by atoms with E-state index in [9.17, 15) is 9.59 Å². The van der Waals surface area contributed by atoms with E-state index in [1.807, 2.05) is 24.3 Å². The van der Waals surface area contributed by atoms with E-state index in [1.165, 1.54) is 11.3 Å². The average molecular weight is 302 g/mol. The van der Waals surface area contributed by atoms with Crippen LogP contribution in [0, 0.1) is 0 Å². The first-order valence-corrected chi connectivity index (χ1v) is 7.55. The Labute approximate surface area is 125 Å². The molecule has 0 bridgehead atoms. The number of nitrogens with zero attached hydrogens (tertiary/aromatic N) is 1. The lowest BCUT2D eigenvalue weighted by Crippen LogP contribution is -2.18. The zero-order valence-corrected chi connectivity index (χ0v) is 12.0. The molecule has 3 rings (SSSR count). The van der Waals surface area contributed by atoms with Crippen molar-refractivity contribution in [3.63, 3.8) is 0 Å². The molecular formula is C15H14N2O3S. The van der Waals surface area contributed by atoms with Gasteiger partial charge < -0.3 is 10.4 Å². The van der Waals surface area contributed by atoms with Crippen LogP contribution < -0.4 is 5.32 Å². The predicted octanol–water partition coefficient (Wildman–Crippen LogP) is 2.39. The summed E-state index contributed by atoms with van der Waals surface area (Å²) >= 11 is 1.44. The third-order valence-electron chi connectivity index (χ3n) is 3.44. The normalized spacial score (nSPS) is 17.7. The maximum Gasteiger partial charge on any atom is 0.309 e. The van der Waals surface area contributed by atoms with Gasteiger partial charge in [-0.15, -0.1) is 11.3 Å². The fourth-order valence-corrected chi connectivity index (χ4v) is 3.22. The van der Waals surface area contributed by atoms with Crippen LogP contribution in [0.3, 0.4) is 0 Å². The molecule has 0 saturated carbocycles. The summed E-state index contributed by atoms with van der Waals surface area (Å²) in [4.78, 5) is 26.2. The Balaban J connectivity index is 1.76. The molecule has 1 saturated heterocycles. The lowest BCUT2D eigenvalue weighted by molar-refractivity contribution is -0.136. The van der Waals surface area contributed by atoms with Crippen molar-refractivity contribution in [3.05, 3.63) is 40.9 Å². The molecule has 1 atom stereocenters. The Morgan fingerprint density at radius 3 is 2.76 bits per heavy atom. The smallest absolute Gasteiger partial charge is 0.309 e. The molecule has 1 aromatic heterocycles. The van der Waals surface area contributed by atoms with Crippen LogP contribution in [0.15, 0.2) is 29.6 Å². The van der Waals surface area contributed by atoms with Gasteiger partial charge in [-0.1, -0.05) is 24.3 Å². The number of nitrogens with one attached hydrogen (secondary N) is 1. The van der Waals surface area contributed by atoms with E-state index < -0.39 is 5.97 Å². The monoisotopic (exact) mass is 302 g/mol. The van der Waals surface area contributed by atoms with Gasteiger partial charge in [0.25, 0.3) is 0 Å². The molecule has 1 aromatic carbocycles. The first-order chi connectivity index (χ1) is 10.1. The molecule has 0 spiro atoms. The van der Waals surface area contributed by atoms with Crippen molar-refractivity contribution in [1.29, 1.82) is 0 Å². The quantitative estimate of drug-likeness (QED) is 0.909. The van der Waals surface area contributed by atoms with Crippen molar-refractivity contribution < 1.29 is 14.7 Å². The second-order valence-corrected chi connectivity index (χ2v) is 5.85. The molecule has 0 aliphatic carbocycles. The second-order valence-electron chi connectivity index (χ2n) is 5.00. The molecule has 6 heteroatoms. The molecule has 0 radical (unpaired) electrons. The summed E-state index contributed by atoms with van der Waals surface area (Å²) in [6, 6.07) is 8.01. The summed E-state index contributed by atoms with van der Waals surface area (Å²) in [5, 5.41) is 14.3. The molecule has 2 heterocycles. The second kappa shape index (κ2) is 5.65. The number of carboxylic acids is 1. The largest absolute Gasteiger partial charge is 0.481 e. The molecule has 1 unspecified atom stereocenters. The number of aromatic nitrogens is 1. The fraction of sp³-hybridized carbons (Fsp3) is 0.267. The Morgan fingerprint density at radius 2 is 2.14 bits per heavy atom. The first kappa shape index (κ1) is 13.8. The zero-order valence-electron chi connectivity index (χ0n) is 11.2. The first-order valence-electron chi connectivity index (χ1n) is 6.68. The van der Waals surface area contributed by atoms with Crippen LogP contribution in [-0.4, -0.2) is 22.0 Å². The van der Waals surface area contributed by atoms with Gasteiger partial charge in [0.15, 0.2) is 0 Å². The number of aliphatic carboxylic acids is 1. The molecule has 1 aliphatic heterocycles. The van der Waals surface area contributed by atoms with Gasteiger partial charge >= 0.3 is 5.97 Å². The lowest BCUT2D eigenvalue weighted by atomic mass is 10.0. The van der Waals surface area contributed by atoms with Crippen LogP contribution in [0.5, 0.6) is 0 Å². The topological polar surface area (TPSA) is 79.3 Å². The number of hydrogen-bond donors (Lipinski definition) is 2. The zero-order chi connectivity index (χ0) is 14.8. The van der Waals surface area contributed by atoms with Crippen molar-refractivity contribution >= 4 is 23.2 Å². The van der Waals surface area contributed by atoms with Gasteiger partial charge in [0.1, 0.15) is 5.01 Å². The lowest BCUT2D eigenvalue weighted by Gasteiger charge is -2.10. The van der Waals surface area contributed by atoms with E-state index >= 15 is 0 Å². The number of carboxylic acid groups (broad SMARTS) is 1. The van der Waals surface area contributed by atoms with Crippen LogP contribution in [-0.2, 0) is 16.0 Å². The van der Waals surface area contributed by atoms with E-state index in [4.69, 9.17) is 5.11 Å². The molecule has 1 amide bonds. The van der Waals surface area contributed by atoms with Gasteiger partial charge in [-0.05, 0) is 12.0 Å². The van der Waals surface area contributed by atoms with Crippen LogP contribution >= 0.6 is 11.3 Å². The van der Waals surface area contributed by atoms with Crippen molar-refractivity contribution in [2.24, 2.45) is 0 Å². The number of rotatable bonds is 4. The van der Waals surface area contributed by atoms with Gasteiger partial charge in [-0.25, -0.2) is 4.98 Å². The highest BCUT2D eigenvalue weighted by Crippen LogP contribution is 2.28. The SMILES string of the molecule is O=C(O)Cc1csc(-c2ccc(C3CCC(=O)N3)cc2)n1. The Morgan fingerprint density at radius 1 is 1.38 bits per heavy atom. The number of thiazole rings is 1. The predicted molar refractivity (Wildman–Crippen MR) is 79.0 cm³/mol. The molecule has 108 valence electrons. The molecule has 1 aliphatic rings. The van der Waals surface area contributed by atoms with E-state index in [0.29, 0.717) is 12.1 Å². The van der Waals surface area contributed by atoms with Crippen LogP contribution in [0.1, 0.15) is 30.1 Å². The third kappa shape index (κ3) is 3.11. The fourth-order valence-electron chi connectivity index (χ4n) is 2.40. The van der Waals surface area contributed by atoms with Crippen molar-refractivity contribution in [1.82, 2.24) is 10.3 Å². The van der Waals surface area contributed by atoms with Crippen LogP contribution in [0.2, 0.25) is 0 Å². The summed E-state index contributed by atoms with van der Waals surface area (Å²) in [5.41, 5.74) is 2.63. The molecule has 5 nitrogen and oxygen atoms in total. The van der Waals surface area contributed by atoms with E-state index in [0.717, 1.165) is 22.6 Å². The van der Waals surface area contributed by atoms with Crippen LogP contribution in [0.25, 0.3) is 10.6 Å². The average Bonchev–Trinajstić information content (AvgIpc) is 3.08. The minimum atomic E-state index is -0.876. The van der Waals surface area contributed by atoms with E-state index in [1.54, 1.807) is 5.38 Å². The number of benzene rings is 1. The molecule has 21 heavy (non-hydrogen) atoms. The van der Waals surface area contributed by atoms with Crippen molar-refractivity contribution in [2.75, 3.05) is 0 Å². The number of carbonyl (C=O) groups excluding carboxylic acids is 1. The third-order valence-corrected chi connectivity index (χ3v) is 4.38. The Bertz CT molecular complexity index is 678. The van der Waals surface area contributed by atoms with Gasteiger partial charge in [0.05, 0.1) is 18.2 Å². The van der Waals surface area contributed by atoms with Crippen molar-refractivity contribution in [2.45, 2.75) is 25.3 Å². The number of amides is 1. The van der Waals surface area contributed by atoms with E-state index in [2.05, 4.69) is 10.3 Å². The molecule has 2 N–H and O–H groups in total. The molecule has 2 aromatic rings. The summed E-state index contributed by atoms with van der Waals surface area (Å²) in [6.45, 7) is 0. The highest BCUT2D eigenvalue weighted by molar-refractivity contribution is 7.13. The number of hydrogen-bond acceptors (Lipinski definition) is 4. The van der Waals surface area contributed by atoms with Gasteiger partial charge in [0.2, 0.25) is 5.91 Å². The maximum atomic E-state index is 11.2. The standard InChI is InChI=1S/C15H14N2O3S/c18-13-6-5-12(17-13)9-1-3-10(4-2-9)15-16-11(8-21-15)7-14(19)20/h1-4,8,12H,5-7H2,(H,17,18)(H,19,20). The summed E-state index contributed by atoms with van der Waals surface area (Å²) < 4.78 is 0. The summed E-state index contributed by atoms with van der Waals surface area (Å²) in [6.07, 6.45) is 1.36. The van der Waals surface area contributed by atoms with Gasteiger partial charge in [-0.3, -0.25) is 9.59 Å². The summed E-state index contributed by atoms with van der Waals surface area (Å²) in [7, 11) is 0. The maximum absolute atomic E-state index is 11.2. The Hall–Kier alpha value is -2.21. The molecular weight excluding hydrogens is 288 g/mol. The van der Waals surface area contributed by atoms with Gasteiger partial charge in [-0.2, -0.15) is 0 Å². The Kier molecular flexibility index (Phi) is 3.70. The highest BCUT2D eigenvalue weighted by atomic mass is 32.1. The highest BCUT2D eigenvalue weighted by Gasteiger charge is 2.22. The van der Waals surface area contributed by atoms with Crippen LogP contribution in [0.4, 0.5) is 0 Å². The minimum absolute atomic E-state index is 0.0529. The summed E-state index contributed by atoms with van der Waals surface area (Å²) in [5.74, 6) is -0.776. The minimum Gasteiger partial charge on any atom is -0.481 e. The number of carbonyl (C=O) groups is 2. The van der Waals surface area contributed by atoms with Gasteiger partial charge in [0, 0.05) is 17.4 Å². The van der Waals surface area contributed by atoms with Crippen molar-refractivity contribution in [3.8, 4) is 10.6 Å². The van der Waals surface area contributed by atoms with E-state index in [-0.39, 0.29) is 18.4 Å².